The zero-order valence-corrected chi connectivity index (χ0v) is 13.1. The molecule has 1 saturated carbocycles. The Morgan fingerprint density at radius 1 is 1.29 bits per heavy atom. The Kier molecular flexibility index (Phi) is 4.13. The van der Waals surface area contributed by atoms with Crippen LogP contribution in [-0.4, -0.2) is 33.8 Å². The van der Waals surface area contributed by atoms with Crippen LogP contribution < -0.4 is 0 Å². The number of aliphatic carboxylic acids is 1. The van der Waals surface area contributed by atoms with Gasteiger partial charge < -0.3 is 5.11 Å². The van der Waals surface area contributed by atoms with Gasteiger partial charge in [-0.25, -0.2) is 0 Å². The number of carbonyl (C=O) groups is 3. The van der Waals surface area contributed by atoms with Crippen LogP contribution in [0.25, 0.3) is 0 Å². The lowest BCUT2D eigenvalue weighted by Crippen LogP contribution is -2.55. The van der Waals surface area contributed by atoms with Crippen molar-refractivity contribution in [2.24, 2.45) is 10.8 Å². The number of carboxylic acids is 1. The topological polar surface area (TPSA) is 74.7 Å². The van der Waals surface area contributed by atoms with Gasteiger partial charge in [0.05, 0.1) is 16.9 Å². The molecule has 0 aromatic carbocycles. The van der Waals surface area contributed by atoms with Crippen LogP contribution in [0.5, 0.6) is 0 Å². The van der Waals surface area contributed by atoms with E-state index in [1.165, 1.54) is 4.90 Å². The summed E-state index contributed by atoms with van der Waals surface area (Å²) in [5.74, 6) is -1.25. The maximum atomic E-state index is 12.8. The van der Waals surface area contributed by atoms with Crippen LogP contribution in [0.3, 0.4) is 0 Å². The summed E-state index contributed by atoms with van der Waals surface area (Å²) in [6.07, 6.45) is 4.31. The fraction of sp³-hybridized carbons (Fsp3) is 0.812. The number of rotatable bonds is 4. The molecule has 2 fully saturated rings. The summed E-state index contributed by atoms with van der Waals surface area (Å²) >= 11 is 0. The van der Waals surface area contributed by atoms with Gasteiger partial charge in [0.1, 0.15) is 0 Å². The first-order valence-electron chi connectivity index (χ1n) is 7.92. The van der Waals surface area contributed by atoms with Gasteiger partial charge in [-0.1, -0.05) is 26.7 Å². The van der Waals surface area contributed by atoms with Crippen molar-refractivity contribution >= 4 is 17.8 Å². The van der Waals surface area contributed by atoms with Crippen molar-refractivity contribution in [3.63, 3.8) is 0 Å². The number of nitrogens with zero attached hydrogens (tertiary/aromatic N) is 1. The Balaban J connectivity index is 2.38. The lowest BCUT2D eigenvalue weighted by atomic mass is 9.71. The predicted octanol–water partition coefficient (Wildman–Crippen LogP) is 2.59. The third kappa shape index (κ3) is 2.27. The molecule has 1 aliphatic carbocycles. The Morgan fingerprint density at radius 3 is 2.38 bits per heavy atom. The summed E-state index contributed by atoms with van der Waals surface area (Å²) in [5.41, 5.74) is -1.63. The molecule has 1 N–H and O–H groups in total. The van der Waals surface area contributed by atoms with Gasteiger partial charge in [-0.3, -0.25) is 19.3 Å². The van der Waals surface area contributed by atoms with Crippen molar-refractivity contribution in [2.75, 3.05) is 0 Å². The van der Waals surface area contributed by atoms with E-state index in [1.807, 2.05) is 13.8 Å². The van der Waals surface area contributed by atoms with Crippen molar-refractivity contribution < 1.29 is 19.5 Å². The van der Waals surface area contributed by atoms with Crippen LogP contribution >= 0.6 is 0 Å². The quantitative estimate of drug-likeness (QED) is 0.809. The van der Waals surface area contributed by atoms with Gasteiger partial charge in [-0.2, -0.15) is 0 Å². The van der Waals surface area contributed by atoms with Gasteiger partial charge >= 0.3 is 5.97 Å². The maximum Gasteiger partial charge on any atom is 0.311 e. The first-order chi connectivity index (χ1) is 9.82. The smallest absolute Gasteiger partial charge is 0.311 e. The number of carboxylic acid groups (broad SMARTS) is 1. The number of imide groups is 1. The minimum atomic E-state index is -1.01. The molecule has 0 spiro atoms. The van der Waals surface area contributed by atoms with E-state index < -0.39 is 22.8 Å². The molecule has 0 radical (unpaired) electrons. The van der Waals surface area contributed by atoms with E-state index in [-0.39, 0.29) is 18.2 Å². The van der Waals surface area contributed by atoms with Crippen LogP contribution in [0.15, 0.2) is 0 Å². The molecule has 2 unspecified atom stereocenters. The zero-order valence-electron chi connectivity index (χ0n) is 13.1. The summed E-state index contributed by atoms with van der Waals surface area (Å²) in [5, 5.41) is 9.60. The molecule has 1 saturated heterocycles. The number of hydrogen-bond acceptors (Lipinski definition) is 3. The zero-order chi connectivity index (χ0) is 15.8. The molecule has 5 heteroatoms. The highest BCUT2D eigenvalue weighted by molar-refractivity contribution is 6.06. The van der Waals surface area contributed by atoms with Gasteiger partial charge in [0.2, 0.25) is 11.8 Å². The second-order valence-electron chi connectivity index (χ2n) is 6.72. The lowest BCUT2D eigenvalue weighted by molar-refractivity contribution is -0.160. The molecule has 1 aliphatic heterocycles. The molecule has 2 atom stereocenters. The average molecular weight is 295 g/mol. The Morgan fingerprint density at radius 2 is 1.90 bits per heavy atom. The van der Waals surface area contributed by atoms with Crippen LogP contribution in [0.4, 0.5) is 0 Å². The summed E-state index contributed by atoms with van der Waals surface area (Å²) in [6, 6.07) is -0.497. The number of hydrogen-bond donors (Lipinski definition) is 1. The third-order valence-electron chi connectivity index (χ3n) is 5.74. The Hall–Kier alpha value is -1.39. The first kappa shape index (κ1) is 16.0. The number of likely N-dealkylation sites (tertiary alicyclic amines) is 1. The number of carbonyl (C=O) groups excluding carboxylic acids is 2. The summed E-state index contributed by atoms with van der Waals surface area (Å²) in [6.45, 7) is 5.53. The monoisotopic (exact) mass is 295 g/mol. The van der Waals surface area contributed by atoms with Gasteiger partial charge in [0.25, 0.3) is 0 Å². The molecule has 0 aromatic heterocycles. The standard InChI is InChI=1S/C16H25NO4/c1-4-16(5-2)10-12(18)17(13(16)19)11-8-6-7-9-15(11,3)14(20)21/h11H,4-10H2,1-3H3,(H,20,21). The first-order valence-corrected chi connectivity index (χ1v) is 7.92. The molecular weight excluding hydrogens is 270 g/mol. The van der Waals surface area contributed by atoms with E-state index in [0.29, 0.717) is 25.7 Å². The SMILES string of the molecule is CCC1(CC)CC(=O)N(C2CCCCC2(C)C(=O)O)C1=O. The molecule has 21 heavy (non-hydrogen) atoms. The van der Waals surface area contributed by atoms with Crippen LogP contribution in [0, 0.1) is 10.8 Å². The van der Waals surface area contributed by atoms with E-state index >= 15 is 0 Å². The molecule has 5 nitrogen and oxygen atoms in total. The molecular formula is C16H25NO4. The van der Waals surface area contributed by atoms with E-state index in [4.69, 9.17) is 0 Å². The minimum Gasteiger partial charge on any atom is -0.481 e. The lowest BCUT2D eigenvalue weighted by Gasteiger charge is -2.42. The van der Waals surface area contributed by atoms with Gasteiger partial charge in [-0.15, -0.1) is 0 Å². The molecule has 0 aromatic rings. The molecule has 0 bridgehead atoms. The Bertz CT molecular complexity index is 469. The highest BCUT2D eigenvalue weighted by Gasteiger charge is 2.56. The van der Waals surface area contributed by atoms with Crippen molar-refractivity contribution in [2.45, 2.75) is 71.8 Å². The van der Waals surface area contributed by atoms with Gasteiger partial charge in [-0.05, 0) is 32.6 Å². The highest BCUT2D eigenvalue weighted by atomic mass is 16.4. The van der Waals surface area contributed by atoms with E-state index in [2.05, 4.69) is 0 Å². The van der Waals surface area contributed by atoms with Crippen LogP contribution in [0.1, 0.15) is 65.7 Å². The minimum absolute atomic E-state index is 0.156. The van der Waals surface area contributed by atoms with Crippen molar-refractivity contribution in [1.82, 2.24) is 4.90 Å². The van der Waals surface area contributed by atoms with Crippen molar-refractivity contribution in [3.05, 3.63) is 0 Å². The van der Waals surface area contributed by atoms with Crippen molar-refractivity contribution in [3.8, 4) is 0 Å². The average Bonchev–Trinajstić information content (AvgIpc) is 2.71. The number of amides is 2. The second kappa shape index (κ2) is 5.43. The molecule has 2 aliphatic rings. The van der Waals surface area contributed by atoms with E-state index in [1.54, 1.807) is 6.92 Å². The third-order valence-corrected chi connectivity index (χ3v) is 5.74. The van der Waals surface area contributed by atoms with E-state index in [9.17, 15) is 19.5 Å². The van der Waals surface area contributed by atoms with Crippen LogP contribution in [0.2, 0.25) is 0 Å². The van der Waals surface area contributed by atoms with Crippen LogP contribution in [-0.2, 0) is 14.4 Å². The fourth-order valence-corrected chi connectivity index (χ4v) is 3.92. The Labute approximate surface area is 125 Å². The van der Waals surface area contributed by atoms with Crippen molar-refractivity contribution in [1.29, 1.82) is 0 Å². The molecule has 2 amide bonds. The maximum absolute atomic E-state index is 12.8. The largest absolute Gasteiger partial charge is 0.481 e. The second-order valence-corrected chi connectivity index (χ2v) is 6.72. The summed E-state index contributed by atoms with van der Waals surface area (Å²) < 4.78 is 0. The highest BCUT2D eigenvalue weighted by Crippen LogP contribution is 2.46. The summed E-state index contributed by atoms with van der Waals surface area (Å²) in [7, 11) is 0. The summed E-state index contributed by atoms with van der Waals surface area (Å²) in [4.78, 5) is 38.3. The fourth-order valence-electron chi connectivity index (χ4n) is 3.92. The molecule has 118 valence electrons. The van der Waals surface area contributed by atoms with Gasteiger partial charge in [0, 0.05) is 6.42 Å². The predicted molar refractivity (Wildman–Crippen MR) is 77.5 cm³/mol. The molecule has 1 heterocycles. The van der Waals surface area contributed by atoms with E-state index in [0.717, 1.165) is 12.8 Å². The molecule has 2 rings (SSSR count). The van der Waals surface area contributed by atoms with Gasteiger partial charge in [0.15, 0.2) is 0 Å². The normalized spacial score (nSPS) is 32.5.